The van der Waals surface area contributed by atoms with E-state index < -0.39 is 10.7 Å². The molecule has 2 heterocycles. The Balaban J connectivity index is 1.88. The van der Waals surface area contributed by atoms with Crippen LogP contribution in [0.2, 0.25) is 10.0 Å². The number of hydrogen-bond donors (Lipinski definition) is 0. The van der Waals surface area contributed by atoms with E-state index in [9.17, 15) is 19.3 Å². The predicted molar refractivity (Wildman–Crippen MR) is 108 cm³/mol. The molecule has 2 aromatic heterocycles. The van der Waals surface area contributed by atoms with E-state index in [1.807, 2.05) is 0 Å². The summed E-state index contributed by atoms with van der Waals surface area (Å²) in [5, 5.41) is 15.3. The topological polar surface area (TPSA) is 83.0 Å². The highest BCUT2D eigenvalue weighted by Crippen LogP contribution is 2.34. The lowest BCUT2D eigenvalue weighted by Crippen LogP contribution is -2.19. The van der Waals surface area contributed by atoms with Gasteiger partial charge in [0.25, 0.3) is 11.2 Å². The second-order valence-electron chi connectivity index (χ2n) is 6.23. The molecule has 0 aliphatic rings. The van der Waals surface area contributed by atoms with Crippen molar-refractivity contribution in [3.05, 3.63) is 96.6 Å². The summed E-state index contributed by atoms with van der Waals surface area (Å²) in [5.74, 6) is -0.400. The summed E-state index contributed by atoms with van der Waals surface area (Å²) >= 11 is 12.5. The van der Waals surface area contributed by atoms with E-state index in [1.54, 1.807) is 18.2 Å². The zero-order valence-electron chi connectivity index (χ0n) is 14.6. The first-order chi connectivity index (χ1) is 13.8. The van der Waals surface area contributed by atoms with E-state index in [1.165, 1.54) is 45.8 Å². The molecule has 2 aromatic carbocycles. The Morgan fingerprint density at radius 2 is 1.79 bits per heavy atom. The van der Waals surface area contributed by atoms with Gasteiger partial charge in [-0.2, -0.15) is 5.10 Å². The van der Waals surface area contributed by atoms with Crippen molar-refractivity contribution in [2.24, 2.45) is 0 Å². The number of halogens is 3. The largest absolute Gasteiger partial charge is 0.301 e. The fraction of sp³-hybridized carbons (Fsp3) is 0.0526. The Hall–Kier alpha value is -3.23. The summed E-state index contributed by atoms with van der Waals surface area (Å²) < 4.78 is 16.4. The molecular formula is C19H11Cl2FN4O3. The van der Waals surface area contributed by atoms with Crippen LogP contribution in [0, 0.1) is 15.9 Å². The third-order valence-electron chi connectivity index (χ3n) is 4.38. The molecule has 29 heavy (non-hydrogen) atoms. The summed E-state index contributed by atoms with van der Waals surface area (Å²) in [6, 6.07) is 11.2. The van der Waals surface area contributed by atoms with Crippen LogP contribution in [0.15, 0.2) is 59.5 Å². The SMILES string of the molecule is O=c1ccc2c(cnn2-c2c(Cl)cc([N+](=O)[O-])cc2Cl)n1Cc1cccc(F)c1. The van der Waals surface area contributed by atoms with Crippen LogP contribution in [-0.4, -0.2) is 19.3 Å². The molecule has 7 nitrogen and oxygen atoms in total. The van der Waals surface area contributed by atoms with Crippen molar-refractivity contribution in [1.82, 2.24) is 14.3 Å². The molecule has 0 unspecified atom stereocenters. The van der Waals surface area contributed by atoms with Crippen molar-refractivity contribution >= 4 is 39.9 Å². The summed E-state index contributed by atoms with van der Waals surface area (Å²) in [7, 11) is 0. The van der Waals surface area contributed by atoms with Gasteiger partial charge in [-0.15, -0.1) is 0 Å². The van der Waals surface area contributed by atoms with Crippen molar-refractivity contribution in [3.63, 3.8) is 0 Å². The van der Waals surface area contributed by atoms with Gasteiger partial charge in [0.05, 0.1) is 38.7 Å². The van der Waals surface area contributed by atoms with Crippen LogP contribution in [0.3, 0.4) is 0 Å². The van der Waals surface area contributed by atoms with Crippen LogP contribution in [0.4, 0.5) is 10.1 Å². The number of non-ortho nitro benzene ring substituents is 1. The molecule has 10 heteroatoms. The zero-order valence-corrected chi connectivity index (χ0v) is 16.1. The van der Waals surface area contributed by atoms with Crippen LogP contribution in [0.25, 0.3) is 16.7 Å². The number of rotatable bonds is 4. The van der Waals surface area contributed by atoms with Crippen LogP contribution in [0.1, 0.15) is 5.56 Å². The van der Waals surface area contributed by atoms with E-state index in [-0.39, 0.29) is 33.5 Å². The number of aromatic nitrogens is 3. The lowest BCUT2D eigenvalue weighted by Gasteiger charge is -2.10. The molecule has 0 fully saturated rings. The quantitative estimate of drug-likeness (QED) is 0.348. The summed E-state index contributed by atoms with van der Waals surface area (Å²) in [4.78, 5) is 22.8. The molecule has 0 aliphatic carbocycles. The highest BCUT2D eigenvalue weighted by molar-refractivity contribution is 6.38. The standard InChI is InChI=1S/C19H11Cl2FN4O3/c20-14-7-13(26(28)29)8-15(21)19(14)25-16-4-5-18(27)24(17(16)9-23-25)10-11-2-1-3-12(22)6-11/h1-9H,10H2. The highest BCUT2D eigenvalue weighted by Gasteiger charge is 2.19. The lowest BCUT2D eigenvalue weighted by molar-refractivity contribution is -0.384. The van der Waals surface area contributed by atoms with Gasteiger partial charge in [-0.25, -0.2) is 9.07 Å². The van der Waals surface area contributed by atoms with E-state index in [0.717, 1.165) is 0 Å². The maximum Gasteiger partial charge on any atom is 0.272 e. The molecular weight excluding hydrogens is 422 g/mol. The number of pyridine rings is 1. The summed E-state index contributed by atoms with van der Waals surface area (Å²) in [6.07, 6.45) is 1.46. The molecule has 0 bridgehead atoms. The number of nitro groups is 1. The highest BCUT2D eigenvalue weighted by atomic mass is 35.5. The van der Waals surface area contributed by atoms with Crippen molar-refractivity contribution in [2.45, 2.75) is 6.54 Å². The summed E-state index contributed by atoms with van der Waals surface area (Å²) in [5.41, 5.74) is 1.32. The van der Waals surface area contributed by atoms with Gasteiger partial charge in [0.2, 0.25) is 0 Å². The van der Waals surface area contributed by atoms with E-state index in [4.69, 9.17) is 23.2 Å². The number of hydrogen-bond acceptors (Lipinski definition) is 4. The Morgan fingerprint density at radius 1 is 1.07 bits per heavy atom. The maximum absolute atomic E-state index is 13.5. The molecule has 0 aliphatic heterocycles. The minimum Gasteiger partial charge on any atom is -0.301 e. The molecule has 4 rings (SSSR count). The molecule has 0 N–H and O–H groups in total. The van der Waals surface area contributed by atoms with Crippen LogP contribution < -0.4 is 5.56 Å². The minimum atomic E-state index is -0.598. The van der Waals surface area contributed by atoms with Gasteiger partial charge < -0.3 is 4.57 Å². The Labute approximate surface area is 172 Å². The smallest absolute Gasteiger partial charge is 0.272 e. The number of nitrogens with zero attached hydrogens (tertiary/aromatic N) is 4. The first kappa shape index (κ1) is 19.1. The van der Waals surface area contributed by atoms with Crippen LogP contribution in [0.5, 0.6) is 0 Å². The average Bonchev–Trinajstić information content (AvgIpc) is 3.07. The molecule has 0 saturated heterocycles. The Morgan fingerprint density at radius 3 is 2.45 bits per heavy atom. The number of benzene rings is 2. The average molecular weight is 433 g/mol. The van der Waals surface area contributed by atoms with Crippen molar-refractivity contribution in [3.8, 4) is 5.69 Å². The van der Waals surface area contributed by atoms with Gasteiger partial charge in [0, 0.05) is 18.2 Å². The van der Waals surface area contributed by atoms with Crippen LogP contribution >= 0.6 is 23.2 Å². The zero-order chi connectivity index (χ0) is 20.7. The predicted octanol–water partition coefficient (Wildman–Crippen LogP) is 4.59. The molecule has 0 atom stereocenters. The second kappa shape index (κ2) is 7.31. The Kier molecular flexibility index (Phi) is 4.81. The first-order valence-corrected chi connectivity index (χ1v) is 9.06. The molecule has 0 spiro atoms. The molecule has 0 radical (unpaired) electrons. The van der Waals surface area contributed by atoms with Gasteiger partial charge in [-0.1, -0.05) is 35.3 Å². The van der Waals surface area contributed by atoms with Crippen molar-refractivity contribution < 1.29 is 9.31 Å². The molecule has 4 aromatic rings. The molecule has 146 valence electrons. The van der Waals surface area contributed by atoms with Gasteiger partial charge in [-0.05, 0) is 23.8 Å². The fourth-order valence-corrected chi connectivity index (χ4v) is 3.73. The molecule has 0 amide bonds. The number of fused-ring (bicyclic) bond motifs is 1. The van der Waals surface area contributed by atoms with Gasteiger partial charge in [-0.3, -0.25) is 14.9 Å². The molecule has 0 saturated carbocycles. The fourth-order valence-electron chi connectivity index (χ4n) is 3.09. The Bertz CT molecular complexity index is 1310. The first-order valence-electron chi connectivity index (χ1n) is 8.31. The minimum absolute atomic E-state index is 0.0390. The van der Waals surface area contributed by atoms with E-state index in [0.29, 0.717) is 16.6 Å². The maximum atomic E-state index is 13.5. The number of nitro benzene ring substituents is 1. The normalized spacial score (nSPS) is 11.1. The van der Waals surface area contributed by atoms with E-state index >= 15 is 0 Å². The lowest BCUT2D eigenvalue weighted by atomic mass is 10.2. The van der Waals surface area contributed by atoms with E-state index in [2.05, 4.69) is 5.10 Å². The third kappa shape index (κ3) is 3.48. The van der Waals surface area contributed by atoms with Gasteiger partial charge in [0.15, 0.2) is 0 Å². The van der Waals surface area contributed by atoms with Crippen molar-refractivity contribution in [2.75, 3.05) is 0 Å². The second-order valence-corrected chi connectivity index (χ2v) is 7.04. The van der Waals surface area contributed by atoms with Crippen LogP contribution in [-0.2, 0) is 6.54 Å². The van der Waals surface area contributed by atoms with Gasteiger partial charge in [0.1, 0.15) is 11.5 Å². The monoisotopic (exact) mass is 432 g/mol. The van der Waals surface area contributed by atoms with Crippen molar-refractivity contribution in [1.29, 1.82) is 0 Å². The van der Waals surface area contributed by atoms with Gasteiger partial charge >= 0.3 is 0 Å². The third-order valence-corrected chi connectivity index (χ3v) is 4.96. The summed E-state index contributed by atoms with van der Waals surface area (Å²) in [6.45, 7) is 0.140.